The maximum atomic E-state index is 11.0. The van der Waals surface area contributed by atoms with Crippen molar-refractivity contribution >= 4 is 11.8 Å². The van der Waals surface area contributed by atoms with Crippen LogP contribution in [0, 0.1) is 0 Å². The normalized spacial score (nSPS) is 10.8. The molecule has 4 N–H and O–H groups in total. The fourth-order valence-electron chi connectivity index (χ4n) is 0.827. The standard InChI is InChI=1S/C7H15N3O3/c1-7(2,4-13-3)9-5(11)6(12)10-8/h4,8H2,1-3H3,(H,9,11)(H,10,12). The van der Waals surface area contributed by atoms with Gasteiger partial charge in [0.1, 0.15) is 0 Å². The fraction of sp³-hybridized carbons (Fsp3) is 0.714. The third-order valence-corrected chi connectivity index (χ3v) is 1.29. The van der Waals surface area contributed by atoms with Crippen LogP contribution in [0.1, 0.15) is 13.8 Å². The van der Waals surface area contributed by atoms with Crippen LogP contribution in [0.3, 0.4) is 0 Å². The maximum absolute atomic E-state index is 11.0. The highest BCUT2D eigenvalue weighted by atomic mass is 16.5. The van der Waals surface area contributed by atoms with Gasteiger partial charge in [0.15, 0.2) is 0 Å². The highest BCUT2D eigenvalue weighted by Crippen LogP contribution is 2.01. The molecule has 0 aliphatic rings. The average molecular weight is 189 g/mol. The number of ether oxygens (including phenoxy) is 1. The second-order valence-electron chi connectivity index (χ2n) is 3.24. The highest BCUT2D eigenvalue weighted by Gasteiger charge is 2.23. The molecule has 0 bridgehead atoms. The van der Waals surface area contributed by atoms with Gasteiger partial charge >= 0.3 is 11.8 Å². The van der Waals surface area contributed by atoms with E-state index in [1.165, 1.54) is 7.11 Å². The summed E-state index contributed by atoms with van der Waals surface area (Å²) in [6, 6.07) is 0. The average Bonchev–Trinajstić information content (AvgIpc) is 2.01. The first-order valence-electron chi connectivity index (χ1n) is 3.75. The molecule has 13 heavy (non-hydrogen) atoms. The maximum Gasteiger partial charge on any atom is 0.323 e. The molecule has 0 radical (unpaired) electrons. The SMILES string of the molecule is COCC(C)(C)NC(=O)C(=O)NN. The van der Waals surface area contributed by atoms with Crippen molar-refractivity contribution in [1.82, 2.24) is 10.7 Å². The van der Waals surface area contributed by atoms with Gasteiger partial charge in [-0.05, 0) is 13.8 Å². The van der Waals surface area contributed by atoms with E-state index in [1.54, 1.807) is 19.3 Å². The molecule has 6 nitrogen and oxygen atoms in total. The van der Waals surface area contributed by atoms with Gasteiger partial charge in [-0.2, -0.15) is 0 Å². The molecule has 0 aliphatic carbocycles. The summed E-state index contributed by atoms with van der Waals surface area (Å²) in [6.07, 6.45) is 0. The van der Waals surface area contributed by atoms with E-state index in [2.05, 4.69) is 5.32 Å². The predicted molar refractivity (Wildman–Crippen MR) is 46.4 cm³/mol. The molecule has 76 valence electrons. The first kappa shape index (κ1) is 11.9. The number of amides is 2. The minimum Gasteiger partial charge on any atom is -0.382 e. The van der Waals surface area contributed by atoms with E-state index in [0.717, 1.165) is 0 Å². The Morgan fingerprint density at radius 2 is 1.92 bits per heavy atom. The molecule has 0 fully saturated rings. The van der Waals surface area contributed by atoms with Crippen LogP contribution in [-0.2, 0) is 14.3 Å². The van der Waals surface area contributed by atoms with Gasteiger partial charge in [0.05, 0.1) is 12.1 Å². The van der Waals surface area contributed by atoms with Crippen LogP contribution in [0.2, 0.25) is 0 Å². The summed E-state index contributed by atoms with van der Waals surface area (Å²) in [7, 11) is 1.51. The van der Waals surface area contributed by atoms with E-state index in [0.29, 0.717) is 6.61 Å². The van der Waals surface area contributed by atoms with Gasteiger partial charge in [-0.1, -0.05) is 0 Å². The summed E-state index contributed by atoms with van der Waals surface area (Å²) >= 11 is 0. The Labute approximate surface area is 76.8 Å². The Morgan fingerprint density at radius 1 is 1.38 bits per heavy atom. The summed E-state index contributed by atoms with van der Waals surface area (Å²) in [5.41, 5.74) is 1.15. The molecular weight excluding hydrogens is 174 g/mol. The third-order valence-electron chi connectivity index (χ3n) is 1.29. The largest absolute Gasteiger partial charge is 0.382 e. The van der Waals surface area contributed by atoms with Crippen LogP contribution < -0.4 is 16.6 Å². The van der Waals surface area contributed by atoms with Gasteiger partial charge in [-0.3, -0.25) is 15.0 Å². The second kappa shape index (κ2) is 4.78. The number of nitrogens with one attached hydrogen (secondary N) is 2. The molecule has 0 unspecified atom stereocenters. The summed E-state index contributed by atoms with van der Waals surface area (Å²) < 4.78 is 4.84. The van der Waals surface area contributed by atoms with Crippen LogP contribution in [0.4, 0.5) is 0 Å². The van der Waals surface area contributed by atoms with E-state index in [4.69, 9.17) is 10.6 Å². The van der Waals surface area contributed by atoms with Crippen molar-refractivity contribution in [2.24, 2.45) is 5.84 Å². The number of hydrogen-bond donors (Lipinski definition) is 3. The zero-order valence-electron chi connectivity index (χ0n) is 8.01. The molecule has 0 aromatic heterocycles. The number of hydrogen-bond acceptors (Lipinski definition) is 4. The highest BCUT2D eigenvalue weighted by molar-refractivity contribution is 6.35. The Bertz CT molecular complexity index is 203. The first-order chi connectivity index (χ1) is 5.93. The number of nitrogens with two attached hydrogens (primary N) is 1. The molecule has 6 heteroatoms. The molecule has 0 rings (SSSR count). The molecule has 0 aromatic carbocycles. The van der Waals surface area contributed by atoms with E-state index < -0.39 is 17.4 Å². The van der Waals surface area contributed by atoms with E-state index >= 15 is 0 Å². The number of rotatable bonds is 3. The van der Waals surface area contributed by atoms with Crippen molar-refractivity contribution in [1.29, 1.82) is 0 Å². The van der Waals surface area contributed by atoms with E-state index in [-0.39, 0.29) is 0 Å². The van der Waals surface area contributed by atoms with Crippen LogP contribution >= 0.6 is 0 Å². The molecular formula is C7H15N3O3. The number of methoxy groups -OCH3 is 1. The van der Waals surface area contributed by atoms with Gasteiger partial charge in [0.2, 0.25) is 0 Å². The quantitative estimate of drug-likeness (QED) is 0.218. The van der Waals surface area contributed by atoms with Crippen LogP contribution in [-0.4, -0.2) is 31.1 Å². The van der Waals surface area contributed by atoms with Crippen molar-refractivity contribution in [3.05, 3.63) is 0 Å². The first-order valence-corrected chi connectivity index (χ1v) is 3.75. The van der Waals surface area contributed by atoms with Crippen molar-refractivity contribution in [2.75, 3.05) is 13.7 Å². The Hall–Kier alpha value is -1.14. The molecule has 0 atom stereocenters. The molecule has 0 saturated heterocycles. The lowest BCUT2D eigenvalue weighted by Gasteiger charge is -2.24. The van der Waals surface area contributed by atoms with Gasteiger partial charge in [-0.15, -0.1) is 0 Å². The zero-order chi connectivity index (χ0) is 10.5. The smallest absolute Gasteiger partial charge is 0.323 e. The molecule has 0 aromatic rings. The molecule has 0 spiro atoms. The number of carbonyl (C=O) groups excluding carboxylic acids is 2. The van der Waals surface area contributed by atoms with Crippen molar-refractivity contribution in [2.45, 2.75) is 19.4 Å². The zero-order valence-corrected chi connectivity index (χ0v) is 8.01. The lowest BCUT2D eigenvalue weighted by atomic mass is 10.1. The van der Waals surface area contributed by atoms with Gasteiger partial charge in [-0.25, -0.2) is 5.84 Å². The summed E-state index contributed by atoms with van der Waals surface area (Å²) in [6.45, 7) is 3.78. The molecule has 0 aliphatic heterocycles. The Kier molecular flexibility index (Phi) is 4.36. The van der Waals surface area contributed by atoms with E-state index in [1.807, 2.05) is 0 Å². The van der Waals surface area contributed by atoms with Crippen LogP contribution in [0.25, 0.3) is 0 Å². The van der Waals surface area contributed by atoms with Gasteiger partial charge in [0, 0.05) is 7.11 Å². The molecule has 0 saturated carbocycles. The van der Waals surface area contributed by atoms with Gasteiger partial charge in [0.25, 0.3) is 0 Å². The molecule has 2 amide bonds. The number of hydrazine groups is 1. The summed E-state index contributed by atoms with van der Waals surface area (Å²) in [5.74, 6) is 3.13. The van der Waals surface area contributed by atoms with Crippen LogP contribution in [0.15, 0.2) is 0 Å². The predicted octanol–water partition coefficient (Wildman–Crippen LogP) is -1.48. The second-order valence-corrected chi connectivity index (χ2v) is 3.24. The lowest BCUT2D eigenvalue weighted by molar-refractivity contribution is -0.140. The molecule has 0 heterocycles. The Balaban J connectivity index is 4.11. The van der Waals surface area contributed by atoms with Gasteiger partial charge < -0.3 is 10.1 Å². The minimum atomic E-state index is -0.871. The Morgan fingerprint density at radius 3 is 2.31 bits per heavy atom. The van der Waals surface area contributed by atoms with E-state index in [9.17, 15) is 9.59 Å². The summed E-state index contributed by atoms with van der Waals surface area (Å²) in [4.78, 5) is 21.7. The van der Waals surface area contributed by atoms with Crippen molar-refractivity contribution in [3.8, 4) is 0 Å². The fourth-order valence-corrected chi connectivity index (χ4v) is 0.827. The third kappa shape index (κ3) is 4.44. The topological polar surface area (TPSA) is 93.4 Å². The van der Waals surface area contributed by atoms with Crippen molar-refractivity contribution < 1.29 is 14.3 Å². The van der Waals surface area contributed by atoms with Crippen molar-refractivity contribution in [3.63, 3.8) is 0 Å². The summed E-state index contributed by atoms with van der Waals surface area (Å²) in [5, 5.41) is 2.45. The minimum absolute atomic E-state index is 0.316. The van der Waals surface area contributed by atoms with Crippen LogP contribution in [0.5, 0.6) is 0 Å². The monoisotopic (exact) mass is 189 g/mol. The lowest BCUT2D eigenvalue weighted by Crippen LogP contribution is -2.53. The number of carbonyl (C=O) groups is 2.